The number of carbonyl (C=O) groups is 1. The first-order chi connectivity index (χ1) is 7.81. The molecule has 1 amide bonds. The lowest BCUT2D eigenvalue weighted by Gasteiger charge is -2.35. The summed E-state index contributed by atoms with van der Waals surface area (Å²) < 4.78 is 0. The van der Waals surface area contributed by atoms with Gasteiger partial charge in [-0.2, -0.15) is 0 Å². The van der Waals surface area contributed by atoms with E-state index in [0.29, 0.717) is 17.9 Å². The van der Waals surface area contributed by atoms with Crippen LogP contribution in [0.25, 0.3) is 0 Å². The predicted molar refractivity (Wildman–Crippen MR) is 72.5 cm³/mol. The Morgan fingerprint density at radius 1 is 1.35 bits per heavy atom. The summed E-state index contributed by atoms with van der Waals surface area (Å²) in [6, 6.07) is 0.524. The number of nitrogens with zero attached hydrogens (tertiary/aromatic N) is 1. The second kappa shape index (κ2) is 7.22. The summed E-state index contributed by atoms with van der Waals surface area (Å²) in [6.07, 6.45) is 6.78. The van der Waals surface area contributed by atoms with Crippen molar-refractivity contribution in [2.45, 2.75) is 51.5 Å². The standard InChI is InChI=1S/C13H24N2O.ClH/c1-2-12-5-3-4-8-15(12)13(16)9-11-6-7-14-10-11;/h11-12,14H,2-10H2,1H3;1H. The van der Waals surface area contributed by atoms with Crippen molar-refractivity contribution in [3.63, 3.8) is 0 Å². The lowest BCUT2D eigenvalue weighted by atomic mass is 9.97. The van der Waals surface area contributed by atoms with Gasteiger partial charge in [0.2, 0.25) is 5.91 Å². The summed E-state index contributed by atoms with van der Waals surface area (Å²) in [5.74, 6) is 0.993. The molecule has 2 fully saturated rings. The summed E-state index contributed by atoms with van der Waals surface area (Å²) in [6.45, 7) is 5.33. The van der Waals surface area contributed by atoms with E-state index >= 15 is 0 Å². The minimum atomic E-state index is 0. The van der Waals surface area contributed by atoms with Crippen LogP contribution in [-0.2, 0) is 4.79 Å². The van der Waals surface area contributed by atoms with Gasteiger partial charge in [-0.1, -0.05) is 6.92 Å². The van der Waals surface area contributed by atoms with E-state index in [4.69, 9.17) is 0 Å². The Bertz CT molecular complexity index is 242. The second-order valence-corrected chi connectivity index (χ2v) is 5.21. The highest BCUT2D eigenvalue weighted by molar-refractivity contribution is 5.85. The summed E-state index contributed by atoms with van der Waals surface area (Å²) in [7, 11) is 0. The molecule has 2 rings (SSSR count). The smallest absolute Gasteiger partial charge is 0.223 e. The first-order valence-electron chi connectivity index (χ1n) is 6.81. The average Bonchev–Trinajstić information content (AvgIpc) is 2.81. The number of amides is 1. The first-order valence-corrected chi connectivity index (χ1v) is 6.81. The molecular weight excluding hydrogens is 236 g/mol. The van der Waals surface area contributed by atoms with Crippen molar-refractivity contribution in [3.05, 3.63) is 0 Å². The van der Waals surface area contributed by atoms with Gasteiger partial charge in [-0.3, -0.25) is 4.79 Å². The van der Waals surface area contributed by atoms with Crippen LogP contribution in [0.3, 0.4) is 0 Å². The van der Waals surface area contributed by atoms with E-state index in [1.165, 1.54) is 25.7 Å². The number of nitrogens with one attached hydrogen (secondary N) is 1. The van der Waals surface area contributed by atoms with Gasteiger partial charge in [-0.15, -0.1) is 12.4 Å². The van der Waals surface area contributed by atoms with Crippen molar-refractivity contribution in [2.24, 2.45) is 5.92 Å². The Kier molecular flexibility index (Phi) is 6.28. The SMILES string of the molecule is CCC1CCCCN1C(=O)CC1CCNC1.Cl. The predicted octanol–water partition coefficient (Wildman–Crippen LogP) is 2.20. The zero-order valence-corrected chi connectivity index (χ0v) is 11.6. The molecule has 2 heterocycles. The molecule has 0 radical (unpaired) electrons. The van der Waals surface area contributed by atoms with Crippen LogP contribution in [0.15, 0.2) is 0 Å². The number of halogens is 1. The van der Waals surface area contributed by atoms with Gasteiger partial charge >= 0.3 is 0 Å². The molecule has 2 unspecified atom stereocenters. The number of carbonyl (C=O) groups excluding carboxylic acids is 1. The molecule has 2 aliphatic heterocycles. The number of rotatable bonds is 3. The summed E-state index contributed by atoms with van der Waals surface area (Å²) >= 11 is 0. The molecule has 0 bridgehead atoms. The second-order valence-electron chi connectivity index (χ2n) is 5.21. The van der Waals surface area contributed by atoms with Crippen molar-refractivity contribution in [1.82, 2.24) is 10.2 Å². The van der Waals surface area contributed by atoms with Crippen LogP contribution >= 0.6 is 12.4 Å². The third kappa shape index (κ3) is 3.85. The molecule has 4 heteroatoms. The maximum absolute atomic E-state index is 12.2. The fourth-order valence-electron chi connectivity index (χ4n) is 3.01. The van der Waals surface area contributed by atoms with Gasteiger partial charge in [0.25, 0.3) is 0 Å². The van der Waals surface area contributed by atoms with Gasteiger partial charge in [0.05, 0.1) is 0 Å². The Morgan fingerprint density at radius 3 is 2.82 bits per heavy atom. The van der Waals surface area contributed by atoms with Crippen LogP contribution in [0.1, 0.15) is 45.4 Å². The normalized spacial score (nSPS) is 28.9. The molecule has 2 saturated heterocycles. The zero-order valence-electron chi connectivity index (χ0n) is 10.8. The highest BCUT2D eigenvalue weighted by Crippen LogP contribution is 2.22. The number of likely N-dealkylation sites (tertiary alicyclic amines) is 1. The quantitative estimate of drug-likeness (QED) is 0.844. The van der Waals surface area contributed by atoms with Gasteiger partial charge in [-0.05, 0) is 51.1 Å². The Balaban J connectivity index is 0.00000144. The van der Waals surface area contributed by atoms with Crippen LogP contribution in [-0.4, -0.2) is 36.5 Å². The first kappa shape index (κ1) is 14.8. The van der Waals surface area contributed by atoms with Gasteiger partial charge < -0.3 is 10.2 Å². The van der Waals surface area contributed by atoms with E-state index in [1.54, 1.807) is 0 Å². The summed E-state index contributed by atoms with van der Waals surface area (Å²) in [5.41, 5.74) is 0. The minimum Gasteiger partial charge on any atom is -0.340 e. The highest BCUT2D eigenvalue weighted by Gasteiger charge is 2.27. The van der Waals surface area contributed by atoms with Crippen LogP contribution in [0.4, 0.5) is 0 Å². The maximum Gasteiger partial charge on any atom is 0.223 e. The zero-order chi connectivity index (χ0) is 11.4. The molecule has 17 heavy (non-hydrogen) atoms. The average molecular weight is 261 g/mol. The third-order valence-electron chi connectivity index (χ3n) is 4.04. The van der Waals surface area contributed by atoms with Gasteiger partial charge in [0.1, 0.15) is 0 Å². The molecule has 0 aromatic rings. The topological polar surface area (TPSA) is 32.3 Å². The summed E-state index contributed by atoms with van der Waals surface area (Å²) in [4.78, 5) is 14.4. The third-order valence-corrected chi connectivity index (χ3v) is 4.04. The van der Waals surface area contributed by atoms with Crippen LogP contribution in [0.2, 0.25) is 0 Å². The molecular formula is C13H25ClN2O. The van der Waals surface area contributed by atoms with E-state index in [-0.39, 0.29) is 12.4 Å². The van der Waals surface area contributed by atoms with Gasteiger partial charge in [0.15, 0.2) is 0 Å². The molecule has 0 spiro atoms. The number of piperidine rings is 1. The monoisotopic (exact) mass is 260 g/mol. The maximum atomic E-state index is 12.2. The van der Waals surface area contributed by atoms with E-state index in [1.807, 2.05) is 0 Å². The lowest BCUT2D eigenvalue weighted by Crippen LogP contribution is -2.44. The molecule has 0 aromatic heterocycles. The highest BCUT2D eigenvalue weighted by atomic mass is 35.5. The van der Waals surface area contributed by atoms with E-state index in [0.717, 1.165) is 32.5 Å². The molecule has 2 aliphatic rings. The fraction of sp³-hybridized carbons (Fsp3) is 0.923. The number of hydrogen-bond acceptors (Lipinski definition) is 2. The van der Waals surface area contributed by atoms with Crippen LogP contribution in [0.5, 0.6) is 0 Å². The van der Waals surface area contributed by atoms with Crippen LogP contribution < -0.4 is 5.32 Å². The molecule has 0 aromatic carbocycles. The molecule has 2 atom stereocenters. The minimum absolute atomic E-state index is 0. The molecule has 100 valence electrons. The molecule has 0 saturated carbocycles. The molecule has 0 aliphatic carbocycles. The van der Waals surface area contributed by atoms with E-state index in [9.17, 15) is 4.79 Å². The Hall–Kier alpha value is -0.280. The largest absolute Gasteiger partial charge is 0.340 e. The van der Waals surface area contributed by atoms with Crippen molar-refractivity contribution in [1.29, 1.82) is 0 Å². The summed E-state index contributed by atoms with van der Waals surface area (Å²) in [5, 5.41) is 3.34. The number of hydrogen-bond donors (Lipinski definition) is 1. The van der Waals surface area contributed by atoms with Gasteiger partial charge in [0, 0.05) is 19.0 Å². The Morgan fingerprint density at radius 2 is 2.18 bits per heavy atom. The van der Waals surface area contributed by atoms with E-state index < -0.39 is 0 Å². The lowest BCUT2D eigenvalue weighted by molar-refractivity contribution is -0.135. The molecule has 3 nitrogen and oxygen atoms in total. The van der Waals surface area contributed by atoms with E-state index in [2.05, 4.69) is 17.1 Å². The van der Waals surface area contributed by atoms with Gasteiger partial charge in [-0.25, -0.2) is 0 Å². The fourth-order valence-corrected chi connectivity index (χ4v) is 3.01. The Labute approximate surface area is 111 Å². The van der Waals surface area contributed by atoms with Crippen molar-refractivity contribution in [2.75, 3.05) is 19.6 Å². The van der Waals surface area contributed by atoms with Crippen molar-refractivity contribution < 1.29 is 4.79 Å². The van der Waals surface area contributed by atoms with Crippen molar-refractivity contribution >= 4 is 18.3 Å². The van der Waals surface area contributed by atoms with Crippen molar-refractivity contribution in [3.8, 4) is 0 Å². The van der Waals surface area contributed by atoms with Crippen LogP contribution in [0, 0.1) is 5.92 Å². The molecule has 1 N–H and O–H groups in total.